The molecule has 6 heteroatoms. The Balaban J connectivity index is 1.62. The van der Waals surface area contributed by atoms with Crippen molar-refractivity contribution >= 4 is 39.5 Å². The Labute approximate surface area is 168 Å². The summed E-state index contributed by atoms with van der Waals surface area (Å²) >= 11 is 5.32. The lowest BCUT2D eigenvalue weighted by atomic mass is 10.00. The highest BCUT2D eigenvalue weighted by Gasteiger charge is 2.46. The Bertz CT molecular complexity index is 642. The Kier molecular flexibility index (Phi) is 6.67. The largest absolute Gasteiger partial charge is 0.342 e. The Morgan fingerprint density at radius 1 is 1.12 bits per heavy atom. The first kappa shape index (κ1) is 19.7. The molecule has 2 aliphatic rings. The number of piperidine rings is 1. The molecule has 4 nitrogen and oxygen atoms in total. The lowest BCUT2D eigenvalue weighted by molar-refractivity contribution is -0.132. The van der Waals surface area contributed by atoms with Gasteiger partial charge in [-0.2, -0.15) is 0 Å². The van der Waals surface area contributed by atoms with E-state index in [0.717, 1.165) is 67.5 Å². The number of thioether (sulfide) groups is 1. The predicted octanol–water partition coefficient (Wildman–Crippen LogP) is 4.54. The van der Waals surface area contributed by atoms with Gasteiger partial charge in [-0.3, -0.25) is 9.59 Å². The molecule has 0 bridgehead atoms. The van der Waals surface area contributed by atoms with Crippen LogP contribution in [0.4, 0.5) is 0 Å². The highest BCUT2D eigenvalue weighted by molar-refractivity contribution is 9.10. The molecule has 0 saturated carbocycles. The van der Waals surface area contributed by atoms with Crippen LogP contribution in [0.3, 0.4) is 0 Å². The number of halogens is 1. The number of unbranched alkanes of at least 4 members (excludes halogenated alkanes) is 2. The van der Waals surface area contributed by atoms with Crippen molar-refractivity contribution in [3.05, 3.63) is 34.3 Å². The van der Waals surface area contributed by atoms with Crippen molar-refractivity contribution < 1.29 is 9.59 Å². The van der Waals surface area contributed by atoms with E-state index in [2.05, 4.69) is 27.8 Å². The number of hydrogen-bond acceptors (Lipinski definition) is 3. The van der Waals surface area contributed by atoms with Crippen LogP contribution in [0, 0.1) is 0 Å². The summed E-state index contributed by atoms with van der Waals surface area (Å²) in [7, 11) is 0. The number of hydrogen-bond donors (Lipinski definition) is 0. The zero-order valence-electron chi connectivity index (χ0n) is 15.4. The third kappa shape index (κ3) is 4.28. The molecule has 2 saturated heterocycles. The SMILES string of the molecule is CCCCCC(=O)N1CCC2(CC1)SCCN2C(=O)c1ccc(Br)cc1. The molecular weight excluding hydrogens is 412 g/mol. The summed E-state index contributed by atoms with van der Waals surface area (Å²) in [6.45, 7) is 4.48. The second-order valence-corrected chi connectivity index (χ2v) is 9.47. The van der Waals surface area contributed by atoms with Gasteiger partial charge in [0.1, 0.15) is 0 Å². The van der Waals surface area contributed by atoms with E-state index in [1.54, 1.807) is 0 Å². The number of nitrogens with zero attached hydrogens (tertiary/aromatic N) is 2. The number of amides is 2. The molecule has 2 aliphatic heterocycles. The molecular formula is C20H27BrN2O2S. The molecule has 1 aromatic rings. The van der Waals surface area contributed by atoms with E-state index in [4.69, 9.17) is 0 Å². The topological polar surface area (TPSA) is 40.6 Å². The van der Waals surface area contributed by atoms with Gasteiger partial charge < -0.3 is 9.80 Å². The van der Waals surface area contributed by atoms with E-state index in [0.29, 0.717) is 6.42 Å². The minimum absolute atomic E-state index is 0.116. The van der Waals surface area contributed by atoms with Crippen LogP contribution >= 0.6 is 27.7 Å². The number of rotatable bonds is 5. The highest BCUT2D eigenvalue weighted by atomic mass is 79.9. The van der Waals surface area contributed by atoms with Crippen LogP contribution < -0.4 is 0 Å². The van der Waals surface area contributed by atoms with E-state index in [-0.39, 0.29) is 16.7 Å². The molecule has 3 rings (SSSR count). The fourth-order valence-corrected chi connectivity index (χ4v) is 5.57. The first-order valence-corrected chi connectivity index (χ1v) is 11.3. The second kappa shape index (κ2) is 8.79. The molecule has 0 aliphatic carbocycles. The maximum Gasteiger partial charge on any atom is 0.254 e. The van der Waals surface area contributed by atoms with Crippen LogP contribution in [0.15, 0.2) is 28.7 Å². The van der Waals surface area contributed by atoms with Crippen LogP contribution in [-0.2, 0) is 4.79 Å². The average Bonchev–Trinajstić information content (AvgIpc) is 3.05. The minimum Gasteiger partial charge on any atom is -0.342 e. The van der Waals surface area contributed by atoms with Gasteiger partial charge in [0.25, 0.3) is 5.91 Å². The lowest BCUT2D eigenvalue weighted by Crippen LogP contribution is -2.53. The summed E-state index contributed by atoms with van der Waals surface area (Å²) in [5, 5.41) is 0. The molecule has 1 spiro atoms. The fourth-order valence-electron chi connectivity index (χ4n) is 3.85. The van der Waals surface area contributed by atoms with Gasteiger partial charge in [-0.05, 0) is 43.5 Å². The quantitative estimate of drug-likeness (QED) is 0.633. The highest BCUT2D eigenvalue weighted by Crippen LogP contribution is 2.44. The fraction of sp³-hybridized carbons (Fsp3) is 0.600. The van der Waals surface area contributed by atoms with Gasteiger partial charge in [0.15, 0.2) is 0 Å². The Morgan fingerprint density at radius 2 is 1.81 bits per heavy atom. The molecule has 26 heavy (non-hydrogen) atoms. The van der Waals surface area contributed by atoms with Crippen molar-refractivity contribution in [2.75, 3.05) is 25.4 Å². The zero-order chi connectivity index (χ0) is 18.6. The summed E-state index contributed by atoms with van der Waals surface area (Å²) in [6.07, 6.45) is 5.66. The zero-order valence-corrected chi connectivity index (χ0v) is 17.8. The Hall–Kier alpha value is -1.01. The van der Waals surface area contributed by atoms with Crippen molar-refractivity contribution in [2.24, 2.45) is 0 Å². The summed E-state index contributed by atoms with van der Waals surface area (Å²) in [6, 6.07) is 7.60. The summed E-state index contributed by atoms with van der Waals surface area (Å²) in [5.74, 6) is 1.37. The van der Waals surface area contributed by atoms with E-state index in [9.17, 15) is 9.59 Å². The van der Waals surface area contributed by atoms with Gasteiger partial charge in [-0.25, -0.2) is 0 Å². The van der Waals surface area contributed by atoms with Gasteiger partial charge >= 0.3 is 0 Å². The monoisotopic (exact) mass is 438 g/mol. The normalized spacial score (nSPS) is 19.2. The van der Waals surface area contributed by atoms with Gasteiger partial charge in [-0.1, -0.05) is 35.7 Å². The standard InChI is InChI=1S/C20H27BrN2O2S/c1-2-3-4-5-18(24)22-12-10-20(11-13-22)23(14-15-26-20)19(25)16-6-8-17(21)9-7-16/h6-9H,2-5,10-15H2,1H3. The van der Waals surface area contributed by atoms with Gasteiger partial charge in [-0.15, -0.1) is 11.8 Å². The molecule has 0 unspecified atom stereocenters. The first-order chi connectivity index (χ1) is 12.6. The number of benzene rings is 1. The van der Waals surface area contributed by atoms with Crippen LogP contribution in [0.1, 0.15) is 55.8 Å². The maximum absolute atomic E-state index is 13.0. The molecule has 142 valence electrons. The summed E-state index contributed by atoms with van der Waals surface area (Å²) < 4.78 is 0.981. The number of likely N-dealkylation sites (tertiary alicyclic amines) is 1. The molecule has 0 radical (unpaired) electrons. The van der Waals surface area contributed by atoms with Crippen molar-refractivity contribution in [2.45, 2.75) is 50.3 Å². The minimum atomic E-state index is -0.135. The van der Waals surface area contributed by atoms with Crippen LogP contribution in [0.25, 0.3) is 0 Å². The molecule has 2 amide bonds. The number of carbonyl (C=O) groups is 2. The van der Waals surface area contributed by atoms with E-state index < -0.39 is 0 Å². The second-order valence-electron chi connectivity index (χ2n) is 7.10. The van der Waals surface area contributed by atoms with E-state index in [1.807, 2.05) is 40.9 Å². The Morgan fingerprint density at radius 3 is 2.46 bits per heavy atom. The summed E-state index contributed by atoms with van der Waals surface area (Å²) in [5.41, 5.74) is 0.744. The third-order valence-electron chi connectivity index (χ3n) is 5.41. The van der Waals surface area contributed by atoms with Gasteiger partial charge in [0.2, 0.25) is 5.91 Å². The number of carbonyl (C=O) groups excluding carboxylic acids is 2. The molecule has 0 N–H and O–H groups in total. The van der Waals surface area contributed by atoms with Crippen molar-refractivity contribution in [3.63, 3.8) is 0 Å². The smallest absolute Gasteiger partial charge is 0.254 e. The maximum atomic E-state index is 13.0. The van der Waals surface area contributed by atoms with Gasteiger partial charge in [0.05, 0.1) is 4.87 Å². The van der Waals surface area contributed by atoms with Crippen molar-refractivity contribution in [3.8, 4) is 0 Å². The molecule has 0 aromatic heterocycles. The third-order valence-corrected chi connectivity index (χ3v) is 7.49. The van der Waals surface area contributed by atoms with Crippen LogP contribution in [0.5, 0.6) is 0 Å². The van der Waals surface area contributed by atoms with Gasteiger partial charge in [0, 0.05) is 41.8 Å². The van der Waals surface area contributed by atoms with Crippen LogP contribution in [0.2, 0.25) is 0 Å². The molecule has 0 atom stereocenters. The van der Waals surface area contributed by atoms with Crippen molar-refractivity contribution in [1.82, 2.24) is 9.80 Å². The summed E-state index contributed by atoms with van der Waals surface area (Å²) in [4.78, 5) is 29.3. The average molecular weight is 439 g/mol. The van der Waals surface area contributed by atoms with E-state index in [1.165, 1.54) is 0 Å². The molecule has 1 aromatic carbocycles. The first-order valence-electron chi connectivity index (χ1n) is 9.55. The predicted molar refractivity (Wildman–Crippen MR) is 110 cm³/mol. The van der Waals surface area contributed by atoms with Crippen molar-refractivity contribution in [1.29, 1.82) is 0 Å². The van der Waals surface area contributed by atoms with Crippen LogP contribution in [-0.4, -0.2) is 51.9 Å². The molecule has 2 heterocycles. The lowest BCUT2D eigenvalue weighted by Gasteiger charge is -2.44. The van der Waals surface area contributed by atoms with E-state index >= 15 is 0 Å². The molecule has 2 fully saturated rings.